The third-order valence-corrected chi connectivity index (χ3v) is 5.25. The number of nitrogens with two attached hydrogens (primary N) is 1. The van der Waals surface area contributed by atoms with Crippen LogP contribution in [0, 0.1) is 11.3 Å². The molecule has 0 spiro atoms. The van der Waals surface area contributed by atoms with Gasteiger partial charge in [0.1, 0.15) is 0 Å². The third kappa shape index (κ3) is 1.92. The summed E-state index contributed by atoms with van der Waals surface area (Å²) in [6.45, 7) is 10.8. The van der Waals surface area contributed by atoms with Crippen molar-refractivity contribution in [2.24, 2.45) is 17.1 Å². The topological polar surface area (TPSA) is 47.3 Å². The Morgan fingerprint density at radius 2 is 2.18 bits per heavy atom. The van der Waals surface area contributed by atoms with E-state index in [1.54, 1.807) is 0 Å². The van der Waals surface area contributed by atoms with E-state index in [2.05, 4.69) is 33.0 Å². The SMILES string of the molecule is CCC(C)NCC1(N)C2CCCOC2C1(C)C. The number of nitrogens with one attached hydrogen (secondary N) is 1. The standard InChI is InChI=1S/C14H28N2O/c1-5-10(2)16-9-14(15)11-7-6-8-17-12(11)13(14,3)4/h10-12,16H,5-9,15H2,1-4H3. The van der Waals surface area contributed by atoms with Gasteiger partial charge in [-0.3, -0.25) is 0 Å². The van der Waals surface area contributed by atoms with Crippen LogP contribution in [0.2, 0.25) is 0 Å². The summed E-state index contributed by atoms with van der Waals surface area (Å²) in [5.74, 6) is 0.544. The van der Waals surface area contributed by atoms with E-state index in [0.717, 1.165) is 19.6 Å². The molecule has 2 rings (SSSR count). The van der Waals surface area contributed by atoms with Crippen LogP contribution in [0.4, 0.5) is 0 Å². The summed E-state index contributed by atoms with van der Waals surface area (Å²) in [6.07, 6.45) is 3.92. The largest absolute Gasteiger partial charge is 0.377 e. The summed E-state index contributed by atoms with van der Waals surface area (Å²) in [4.78, 5) is 0. The first kappa shape index (κ1) is 13.3. The number of fused-ring (bicyclic) bond motifs is 1. The van der Waals surface area contributed by atoms with Crippen LogP contribution in [0.5, 0.6) is 0 Å². The lowest BCUT2D eigenvalue weighted by Gasteiger charge is -2.66. The van der Waals surface area contributed by atoms with Crippen LogP contribution in [-0.4, -0.2) is 30.8 Å². The molecule has 0 radical (unpaired) electrons. The lowest BCUT2D eigenvalue weighted by Crippen LogP contribution is -2.80. The fourth-order valence-electron chi connectivity index (χ4n) is 3.51. The summed E-state index contributed by atoms with van der Waals surface area (Å²) in [5, 5.41) is 3.58. The van der Waals surface area contributed by atoms with Crippen molar-refractivity contribution in [2.45, 2.75) is 64.6 Å². The van der Waals surface area contributed by atoms with Crippen LogP contribution in [-0.2, 0) is 4.74 Å². The van der Waals surface area contributed by atoms with E-state index in [0.29, 0.717) is 18.1 Å². The minimum absolute atomic E-state index is 0.0957. The molecule has 1 aliphatic heterocycles. The van der Waals surface area contributed by atoms with Gasteiger partial charge in [0.25, 0.3) is 0 Å². The quantitative estimate of drug-likeness (QED) is 0.789. The lowest BCUT2D eigenvalue weighted by atomic mass is 9.46. The van der Waals surface area contributed by atoms with Crippen molar-refractivity contribution in [1.82, 2.24) is 5.32 Å². The van der Waals surface area contributed by atoms with E-state index in [1.165, 1.54) is 12.8 Å². The highest BCUT2D eigenvalue weighted by Gasteiger charge is 2.66. The third-order valence-electron chi connectivity index (χ3n) is 5.25. The molecule has 1 aliphatic carbocycles. The Morgan fingerprint density at radius 3 is 2.82 bits per heavy atom. The molecule has 17 heavy (non-hydrogen) atoms. The fraction of sp³-hybridized carbons (Fsp3) is 1.00. The van der Waals surface area contributed by atoms with Gasteiger partial charge in [-0.15, -0.1) is 0 Å². The van der Waals surface area contributed by atoms with E-state index in [4.69, 9.17) is 10.5 Å². The predicted octanol–water partition coefficient (Wildman–Crippen LogP) is 1.91. The molecule has 100 valence electrons. The second-order valence-corrected chi connectivity index (χ2v) is 6.49. The summed E-state index contributed by atoms with van der Waals surface area (Å²) in [7, 11) is 0. The Balaban J connectivity index is 2.02. The van der Waals surface area contributed by atoms with Crippen molar-refractivity contribution in [3.8, 4) is 0 Å². The van der Waals surface area contributed by atoms with Gasteiger partial charge in [0.15, 0.2) is 0 Å². The van der Waals surface area contributed by atoms with Gasteiger partial charge in [0.2, 0.25) is 0 Å². The van der Waals surface area contributed by atoms with Gasteiger partial charge in [-0.1, -0.05) is 20.8 Å². The predicted molar refractivity (Wildman–Crippen MR) is 70.9 cm³/mol. The maximum Gasteiger partial charge on any atom is 0.0690 e. The van der Waals surface area contributed by atoms with Gasteiger partial charge in [-0.2, -0.15) is 0 Å². The molecule has 0 aromatic rings. The molecule has 0 aromatic heterocycles. The number of ether oxygens (including phenoxy) is 1. The Bertz CT molecular complexity index is 279. The highest BCUT2D eigenvalue weighted by Crippen LogP contribution is 2.56. The zero-order valence-electron chi connectivity index (χ0n) is 11.8. The number of hydrogen-bond donors (Lipinski definition) is 2. The molecule has 4 atom stereocenters. The van der Waals surface area contributed by atoms with Gasteiger partial charge in [-0.05, 0) is 26.2 Å². The summed E-state index contributed by atoms with van der Waals surface area (Å²) in [6, 6.07) is 0.551. The van der Waals surface area contributed by atoms with Crippen molar-refractivity contribution < 1.29 is 4.74 Å². The van der Waals surface area contributed by atoms with Gasteiger partial charge < -0.3 is 15.8 Å². The molecule has 0 bridgehead atoms. The van der Waals surface area contributed by atoms with Crippen LogP contribution in [0.15, 0.2) is 0 Å². The molecule has 1 saturated carbocycles. The molecule has 0 amide bonds. The minimum Gasteiger partial charge on any atom is -0.377 e. The lowest BCUT2D eigenvalue weighted by molar-refractivity contribution is -0.226. The highest BCUT2D eigenvalue weighted by atomic mass is 16.5. The summed E-state index contributed by atoms with van der Waals surface area (Å²) < 4.78 is 5.91. The molecule has 3 nitrogen and oxygen atoms in total. The Labute approximate surface area is 105 Å². The van der Waals surface area contributed by atoms with Crippen LogP contribution in [0.3, 0.4) is 0 Å². The van der Waals surface area contributed by atoms with E-state index in [9.17, 15) is 0 Å². The van der Waals surface area contributed by atoms with Crippen LogP contribution in [0.1, 0.15) is 47.0 Å². The zero-order chi connectivity index (χ0) is 12.7. The first-order chi connectivity index (χ1) is 7.93. The number of rotatable bonds is 4. The average Bonchev–Trinajstić information content (AvgIpc) is 2.35. The van der Waals surface area contributed by atoms with Crippen LogP contribution < -0.4 is 11.1 Å². The van der Waals surface area contributed by atoms with Crippen LogP contribution in [0.25, 0.3) is 0 Å². The van der Waals surface area contributed by atoms with E-state index >= 15 is 0 Å². The second-order valence-electron chi connectivity index (χ2n) is 6.49. The Hall–Kier alpha value is -0.120. The maximum atomic E-state index is 6.70. The van der Waals surface area contributed by atoms with Gasteiger partial charge in [-0.25, -0.2) is 0 Å². The molecular weight excluding hydrogens is 212 g/mol. The molecule has 1 heterocycles. The Kier molecular flexibility index (Phi) is 3.54. The van der Waals surface area contributed by atoms with Gasteiger partial charge in [0.05, 0.1) is 6.10 Å². The summed E-state index contributed by atoms with van der Waals surface area (Å²) >= 11 is 0. The smallest absolute Gasteiger partial charge is 0.0690 e. The summed E-state index contributed by atoms with van der Waals surface area (Å²) in [5.41, 5.74) is 6.70. The van der Waals surface area contributed by atoms with Crippen molar-refractivity contribution >= 4 is 0 Å². The van der Waals surface area contributed by atoms with Crippen LogP contribution >= 0.6 is 0 Å². The van der Waals surface area contributed by atoms with E-state index < -0.39 is 0 Å². The molecule has 3 heteroatoms. The zero-order valence-corrected chi connectivity index (χ0v) is 11.8. The minimum atomic E-state index is -0.0957. The van der Waals surface area contributed by atoms with Crippen molar-refractivity contribution in [2.75, 3.05) is 13.2 Å². The van der Waals surface area contributed by atoms with Crippen molar-refractivity contribution in [3.05, 3.63) is 0 Å². The molecule has 0 aromatic carbocycles. The fourth-order valence-corrected chi connectivity index (χ4v) is 3.51. The van der Waals surface area contributed by atoms with E-state index in [-0.39, 0.29) is 11.0 Å². The molecule has 2 aliphatic rings. The average molecular weight is 240 g/mol. The van der Waals surface area contributed by atoms with E-state index in [1.807, 2.05) is 0 Å². The Morgan fingerprint density at radius 1 is 1.47 bits per heavy atom. The van der Waals surface area contributed by atoms with Crippen molar-refractivity contribution in [3.63, 3.8) is 0 Å². The molecule has 4 unspecified atom stereocenters. The van der Waals surface area contributed by atoms with Gasteiger partial charge in [0, 0.05) is 36.1 Å². The first-order valence-corrected chi connectivity index (χ1v) is 7.07. The maximum absolute atomic E-state index is 6.70. The second kappa shape index (κ2) is 4.52. The van der Waals surface area contributed by atoms with Gasteiger partial charge >= 0.3 is 0 Å². The normalized spacial score (nSPS) is 41.5. The molecule has 1 saturated heterocycles. The molecule has 3 N–H and O–H groups in total. The monoisotopic (exact) mass is 240 g/mol. The first-order valence-electron chi connectivity index (χ1n) is 7.07. The number of hydrogen-bond acceptors (Lipinski definition) is 3. The molecular formula is C14H28N2O. The highest BCUT2D eigenvalue weighted by molar-refractivity contribution is 5.20. The van der Waals surface area contributed by atoms with Crippen molar-refractivity contribution in [1.29, 1.82) is 0 Å². The molecule has 2 fully saturated rings.